The fourth-order valence-electron chi connectivity index (χ4n) is 2.05. The zero-order valence-electron chi connectivity index (χ0n) is 10.8. The first-order chi connectivity index (χ1) is 7.83. The Bertz CT molecular complexity index is 204. The van der Waals surface area contributed by atoms with E-state index >= 15 is 0 Å². The van der Waals surface area contributed by atoms with Gasteiger partial charge in [-0.15, -0.1) is 24.0 Å². The lowest BCUT2D eigenvalue weighted by Crippen LogP contribution is -2.40. The number of nitrogens with one attached hydrogen (secondary N) is 1. The third kappa shape index (κ3) is 8.65. The summed E-state index contributed by atoms with van der Waals surface area (Å²) in [6.45, 7) is 4.03. The molecule has 5 heteroatoms. The molecule has 0 aromatic heterocycles. The van der Waals surface area contributed by atoms with Gasteiger partial charge in [0, 0.05) is 12.6 Å². The largest absolute Gasteiger partial charge is 0.380 e. The van der Waals surface area contributed by atoms with Gasteiger partial charge in [0.1, 0.15) is 0 Å². The second-order valence-electron chi connectivity index (χ2n) is 4.30. The van der Waals surface area contributed by atoms with E-state index in [2.05, 4.69) is 10.3 Å². The Labute approximate surface area is 122 Å². The van der Waals surface area contributed by atoms with E-state index in [0.717, 1.165) is 6.61 Å². The highest BCUT2D eigenvalue weighted by Gasteiger charge is 2.11. The molecule has 1 aliphatic rings. The van der Waals surface area contributed by atoms with Crippen LogP contribution in [0.1, 0.15) is 45.4 Å². The third-order valence-electron chi connectivity index (χ3n) is 2.93. The SMILES string of the molecule is CCOCCN=C(N)NC1CCCCCC1.I. The van der Waals surface area contributed by atoms with Crippen LogP contribution in [0, 0.1) is 0 Å². The summed E-state index contributed by atoms with van der Waals surface area (Å²) < 4.78 is 5.20. The zero-order chi connectivity index (χ0) is 11.6. The molecule has 0 saturated heterocycles. The minimum atomic E-state index is 0. The van der Waals surface area contributed by atoms with Crippen LogP contribution < -0.4 is 11.1 Å². The van der Waals surface area contributed by atoms with Gasteiger partial charge in [-0.1, -0.05) is 25.7 Å². The van der Waals surface area contributed by atoms with E-state index < -0.39 is 0 Å². The maximum atomic E-state index is 5.82. The summed E-state index contributed by atoms with van der Waals surface area (Å²) in [7, 11) is 0. The van der Waals surface area contributed by atoms with Gasteiger partial charge in [0.15, 0.2) is 5.96 Å². The van der Waals surface area contributed by atoms with Gasteiger partial charge in [-0.25, -0.2) is 0 Å². The van der Waals surface area contributed by atoms with Crippen molar-refractivity contribution >= 4 is 29.9 Å². The predicted molar refractivity (Wildman–Crippen MR) is 83.0 cm³/mol. The lowest BCUT2D eigenvalue weighted by molar-refractivity contribution is 0.155. The van der Waals surface area contributed by atoms with E-state index in [9.17, 15) is 0 Å². The normalized spacial score (nSPS) is 18.3. The third-order valence-corrected chi connectivity index (χ3v) is 2.93. The van der Waals surface area contributed by atoms with Crippen LogP contribution in [0.5, 0.6) is 0 Å². The molecular weight excluding hydrogens is 329 g/mol. The Morgan fingerprint density at radius 1 is 1.29 bits per heavy atom. The molecule has 1 aliphatic carbocycles. The molecule has 0 aromatic carbocycles. The standard InChI is InChI=1S/C12H25N3O.HI/c1-2-16-10-9-14-12(13)15-11-7-5-3-4-6-8-11;/h11H,2-10H2,1H3,(H3,13,14,15);1H. The minimum absolute atomic E-state index is 0. The number of rotatable bonds is 5. The molecule has 3 N–H and O–H groups in total. The van der Waals surface area contributed by atoms with Crippen molar-refractivity contribution in [2.24, 2.45) is 10.7 Å². The van der Waals surface area contributed by atoms with Gasteiger partial charge in [0.2, 0.25) is 0 Å². The van der Waals surface area contributed by atoms with Crippen LogP contribution in [0.25, 0.3) is 0 Å². The highest BCUT2D eigenvalue weighted by atomic mass is 127. The number of ether oxygens (including phenoxy) is 1. The summed E-state index contributed by atoms with van der Waals surface area (Å²) in [4.78, 5) is 4.24. The zero-order valence-corrected chi connectivity index (χ0v) is 13.1. The lowest BCUT2D eigenvalue weighted by atomic mass is 10.1. The molecule has 0 spiro atoms. The summed E-state index contributed by atoms with van der Waals surface area (Å²) in [5.41, 5.74) is 5.82. The van der Waals surface area contributed by atoms with Gasteiger partial charge >= 0.3 is 0 Å². The molecule has 102 valence electrons. The van der Waals surface area contributed by atoms with Gasteiger partial charge in [-0.3, -0.25) is 4.99 Å². The topological polar surface area (TPSA) is 59.6 Å². The van der Waals surface area contributed by atoms with Crippen LogP contribution in [-0.4, -0.2) is 31.8 Å². The van der Waals surface area contributed by atoms with E-state index in [1.807, 2.05) is 6.92 Å². The van der Waals surface area contributed by atoms with Crippen molar-refractivity contribution in [1.82, 2.24) is 5.32 Å². The molecule has 0 heterocycles. The number of halogens is 1. The Morgan fingerprint density at radius 2 is 1.94 bits per heavy atom. The Hall–Kier alpha value is -0.0400. The van der Waals surface area contributed by atoms with Crippen molar-refractivity contribution in [3.63, 3.8) is 0 Å². The van der Waals surface area contributed by atoms with Crippen LogP contribution in [0.15, 0.2) is 4.99 Å². The first-order valence-electron chi connectivity index (χ1n) is 6.47. The summed E-state index contributed by atoms with van der Waals surface area (Å²) in [6, 6.07) is 0.526. The van der Waals surface area contributed by atoms with Crippen LogP contribution in [-0.2, 0) is 4.74 Å². The van der Waals surface area contributed by atoms with Gasteiger partial charge in [0.25, 0.3) is 0 Å². The summed E-state index contributed by atoms with van der Waals surface area (Å²) in [6.07, 6.45) is 7.79. The minimum Gasteiger partial charge on any atom is -0.380 e. The van der Waals surface area contributed by atoms with Crippen molar-refractivity contribution in [3.8, 4) is 0 Å². The summed E-state index contributed by atoms with van der Waals surface area (Å²) >= 11 is 0. The summed E-state index contributed by atoms with van der Waals surface area (Å²) in [5, 5.41) is 3.31. The van der Waals surface area contributed by atoms with Crippen LogP contribution >= 0.6 is 24.0 Å². The maximum Gasteiger partial charge on any atom is 0.188 e. The van der Waals surface area contributed by atoms with E-state index in [0.29, 0.717) is 25.2 Å². The highest BCUT2D eigenvalue weighted by Crippen LogP contribution is 2.16. The molecule has 1 rings (SSSR count). The van der Waals surface area contributed by atoms with Gasteiger partial charge in [-0.2, -0.15) is 0 Å². The predicted octanol–water partition coefficient (Wildman–Crippen LogP) is 2.27. The van der Waals surface area contributed by atoms with Gasteiger partial charge in [-0.05, 0) is 19.8 Å². The number of hydrogen-bond acceptors (Lipinski definition) is 2. The van der Waals surface area contributed by atoms with Gasteiger partial charge < -0.3 is 15.8 Å². The average Bonchev–Trinajstić information content (AvgIpc) is 2.53. The second-order valence-corrected chi connectivity index (χ2v) is 4.30. The van der Waals surface area contributed by atoms with E-state index in [1.54, 1.807) is 0 Å². The Morgan fingerprint density at radius 3 is 2.53 bits per heavy atom. The van der Waals surface area contributed by atoms with Crippen molar-refractivity contribution in [2.45, 2.75) is 51.5 Å². The van der Waals surface area contributed by atoms with Crippen LogP contribution in [0.4, 0.5) is 0 Å². The molecule has 0 aliphatic heterocycles. The molecule has 4 nitrogen and oxygen atoms in total. The first-order valence-corrected chi connectivity index (χ1v) is 6.47. The van der Waals surface area contributed by atoms with Gasteiger partial charge in [0.05, 0.1) is 13.2 Å². The fourth-order valence-corrected chi connectivity index (χ4v) is 2.05. The monoisotopic (exact) mass is 355 g/mol. The number of guanidine groups is 1. The number of nitrogens with two attached hydrogens (primary N) is 1. The van der Waals surface area contributed by atoms with E-state index in [1.165, 1.54) is 38.5 Å². The smallest absolute Gasteiger partial charge is 0.188 e. The number of aliphatic imine (C=N–C) groups is 1. The summed E-state index contributed by atoms with van der Waals surface area (Å²) in [5.74, 6) is 0.576. The molecule has 0 aromatic rings. The molecule has 0 atom stereocenters. The highest BCUT2D eigenvalue weighted by molar-refractivity contribution is 14.0. The quantitative estimate of drug-likeness (QED) is 0.262. The molecule has 0 radical (unpaired) electrons. The van der Waals surface area contributed by atoms with Crippen molar-refractivity contribution in [2.75, 3.05) is 19.8 Å². The lowest BCUT2D eigenvalue weighted by Gasteiger charge is -2.16. The molecule has 0 amide bonds. The maximum absolute atomic E-state index is 5.82. The molecular formula is C12H26IN3O. The fraction of sp³-hybridized carbons (Fsp3) is 0.917. The molecule has 0 unspecified atom stereocenters. The van der Waals surface area contributed by atoms with Crippen molar-refractivity contribution in [1.29, 1.82) is 0 Å². The van der Waals surface area contributed by atoms with Crippen molar-refractivity contribution < 1.29 is 4.74 Å². The first kappa shape index (κ1) is 17.0. The number of nitrogens with zero attached hydrogens (tertiary/aromatic N) is 1. The van der Waals surface area contributed by atoms with Crippen LogP contribution in [0.2, 0.25) is 0 Å². The van der Waals surface area contributed by atoms with E-state index in [-0.39, 0.29) is 24.0 Å². The molecule has 1 fully saturated rings. The molecule has 17 heavy (non-hydrogen) atoms. The average molecular weight is 355 g/mol. The van der Waals surface area contributed by atoms with Crippen LogP contribution in [0.3, 0.4) is 0 Å². The van der Waals surface area contributed by atoms with E-state index in [4.69, 9.17) is 10.5 Å². The van der Waals surface area contributed by atoms with Crippen molar-refractivity contribution in [3.05, 3.63) is 0 Å². The molecule has 0 bridgehead atoms. The second kappa shape index (κ2) is 11.1. The Kier molecular flexibility index (Phi) is 11.0. The molecule has 1 saturated carbocycles. The number of hydrogen-bond donors (Lipinski definition) is 2. The Balaban J connectivity index is 0.00000256.